The molecule has 38 heavy (non-hydrogen) atoms. The number of ether oxygens (including phenoxy) is 1. The predicted molar refractivity (Wildman–Crippen MR) is 145 cm³/mol. The molecule has 8 rings (SSSR count). The minimum absolute atomic E-state index is 0.00332. The molecule has 6 nitrogen and oxygen atoms in total. The standard InChI is InChI=1S/C32H34N2O4/c1-37-27-4-2-3-24(14-27)30(35)34-10-9-28-25(19-34)15-29(38-28)23-5-7-26(8-6-23)33-31(36)32-16-20-11-21(17-32)13-22(12-20)18-32/h2-8,14-15,20-22H,9-13,16-19H2,1H3,(H,33,36). The highest BCUT2D eigenvalue weighted by atomic mass is 16.5. The van der Waals surface area contributed by atoms with E-state index in [1.165, 1.54) is 19.3 Å². The van der Waals surface area contributed by atoms with Crippen molar-refractivity contribution in [1.82, 2.24) is 4.90 Å². The zero-order valence-corrected chi connectivity index (χ0v) is 21.9. The summed E-state index contributed by atoms with van der Waals surface area (Å²) in [6, 6.07) is 17.3. The van der Waals surface area contributed by atoms with Gasteiger partial charge in [-0.3, -0.25) is 9.59 Å². The van der Waals surface area contributed by atoms with Crippen LogP contribution in [0.25, 0.3) is 11.3 Å². The van der Waals surface area contributed by atoms with Crippen molar-refractivity contribution in [3.63, 3.8) is 0 Å². The van der Waals surface area contributed by atoms with Crippen molar-refractivity contribution in [1.29, 1.82) is 0 Å². The number of benzene rings is 2. The Bertz CT molecular complexity index is 1350. The molecule has 0 spiro atoms. The highest BCUT2D eigenvalue weighted by Gasteiger charge is 2.54. The highest BCUT2D eigenvalue weighted by Crippen LogP contribution is 2.60. The van der Waals surface area contributed by atoms with Crippen molar-refractivity contribution >= 4 is 17.5 Å². The van der Waals surface area contributed by atoms with Crippen molar-refractivity contribution in [3.05, 3.63) is 71.5 Å². The molecule has 1 N–H and O–H groups in total. The van der Waals surface area contributed by atoms with E-state index in [4.69, 9.17) is 9.15 Å². The second kappa shape index (κ2) is 9.04. The lowest BCUT2D eigenvalue weighted by Gasteiger charge is -2.55. The number of rotatable bonds is 5. The number of methoxy groups -OCH3 is 1. The first-order valence-corrected chi connectivity index (χ1v) is 13.9. The molecule has 6 heteroatoms. The zero-order valence-electron chi connectivity index (χ0n) is 21.9. The Morgan fingerprint density at radius 1 is 0.974 bits per heavy atom. The Hall–Kier alpha value is -3.54. The van der Waals surface area contributed by atoms with E-state index in [0.29, 0.717) is 30.8 Å². The predicted octanol–water partition coefficient (Wildman–Crippen LogP) is 6.31. The van der Waals surface area contributed by atoms with Crippen LogP contribution in [-0.4, -0.2) is 30.4 Å². The molecule has 2 aromatic carbocycles. The third-order valence-electron chi connectivity index (χ3n) is 9.42. The summed E-state index contributed by atoms with van der Waals surface area (Å²) in [5.74, 6) is 4.88. The van der Waals surface area contributed by atoms with Crippen molar-refractivity contribution in [3.8, 4) is 17.1 Å². The van der Waals surface area contributed by atoms with E-state index in [-0.39, 0.29) is 17.2 Å². The van der Waals surface area contributed by atoms with Gasteiger partial charge in [-0.1, -0.05) is 6.07 Å². The number of nitrogens with one attached hydrogen (secondary N) is 1. The van der Waals surface area contributed by atoms with Gasteiger partial charge in [0.1, 0.15) is 17.3 Å². The second-order valence-electron chi connectivity index (χ2n) is 12.0. The van der Waals surface area contributed by atoms with Gasteiger partial charge in [0.25, 0.3) is 5.91 Å². The fourth-order valence-corrected chi connectivity index (χ4v) is 7.96. The number of carbonyl (C=O) groups is 2. The van der Waals surface area contributed by atoms with E-state index >= 15 is 0 Å². The third-order valence-corrected chi connectivity index (χ3v) is 9.42. The first kappa shape index (κ1) is 23.6. The monoisotopic (exact) mass is 510 g/mol. The molecule has 0 saturated heterocycles. The van der Waals surface area contributed by atoms with Crippen LogP contribution in [0.5, 0.6) is 5.75 Å². The first-order valence-electron chi connectivity index (χ1n) is 13.9. The Labute approximate surface area is 223 Å². The zero-order chi connectivity index (χ0) is 25.9. The van der Waals surface area contributed by atoms with Gasteiger partial charge in [-0.05, 0) is 105 Å². The van der Waals surface area contributed by atoms with E-state index in [1.54, 1.807) is 13.2 Å². The number of fused-ring (bicyclic) bond motifs is 1. The summed E-state index contributed by atoms with van der Waals surface area (Å²) in [6.45, 7) is 1.14. The fraction of sp³-hybridized carbons (Fsp3) is 0.438. The molecule has 5 aliphatic rings. The van der Waals surface area contributed by atoms with E-state index in [1.807, 2.05) is 53.4 Å². The number of furan rings is 1. The Balaban J connectivity index is 1.03. The molecule has 1 aliphatic heterocycles. The van der Waals surface area contributed by atoms with Crippen LogP contribution in [-0.2, 0) is 17.8 Å². The van der Waals surface area contributed by atoms with Crippen LogP contribution in [0.1, 0.15) is 60.2 Å². The molecule has 0 atom stereocenters. The van der Waals surface area contributed by atoms with Crippen molar-refractivity contribution < 1.29 is 18.7 Å². The summed E-state index contributed by atoms with van der Waals surface area (Å²) in [5, 5.41) is 3.25. The Morgan fingerprint density at radius 3 is 2.37 bits per heavy atom. The summed E-state index contributed by atoms with van der Waals surface area (Å²) in [4.78, 5) is 28.4. The summed E-state index contributed by atoms with van der Waals surface area (Å²) in [6.07, 6.45) is 7.89. The Kier molecular flexibility index (Phi) is 5.60. The topological polar surface area (TPSA) is 71.8 Å². The lowest BCUT2D eigenvalue weighted by atomic mass is 9.49. The van der Waals surface area contributed by atoms with Crippen LogP contribution in [0, 0.1) is 23.2 Å². The molecule has 4 aliphatic carbocycles. The number of carbonyl (C=O) groups excluding carboxylic acids is 2. The highest BCUT2D eigenvalue weighted by molar-refractivity contribution is 5.96. The van der Waals surface area contributed by atoms with Crippen LogP contribution in [0.2, 0.25) is 0 Å². The van der Waals surface area contributed by atoms with Gasteiger partial charge >= 0.3 is 0 Å². The van der Waals surface area contributed by atoms with Gasteiger partial charge < -0.3 is 19.4 Å². The minimum Gasteiger partial charge on any atom is -0.497 e. The number of hydrogen-bond acceptors (Lipinski definition) is 4. The minimum atomic E-state index is -0.151. The fourth-order valence-electron chi connectivity index (χ4n) is 7.96. The summed E-state index contributed by atoms with van der Waals surface area (Å²) in [5.41, 5.74) is 3.34. The van der Waals surface area contributed by atoms with E-state index in [0.717, 1.165) is 65.4 Å². The molecule has 2 heterocycles. The molecule has 1 aromatic heterocycles. The van der Waals surface area contributed by atoms with Crippen LogP contribution in [0.15, 0.2) is 59.0 Å². The smallest absolute Gasteiger partial charge is 0.254 e. The molecule has 196 valence electrons. The molecule has 2 amide bonds. The molecule has 0 unspecified atom stereocenters. The number of amides is 2. The maximum Gasteiger partial charge on any atom is 0.254 e. The maximum absolute atomic E-state index is 13.4. The van der Waals surface area contributed by atoms with Gasteiger partial charge in [0.05, 0.1) is 12.5 Å². The van der Waals surface area contributed by atoms with Crippen LogP contribution in [0.3, 0.4) is 0 Å². The lowest BCUT2D eigenvalue weighted by molar-refractivity contribution is -0.140. The molecule has 0 radical (unpaired) electrons. The van der Waals surface area contributed by atoms with Crippen LogP contribution >= 0.6 is 0 Å². The van der Waals surface area contributed by atoms with E-state index < -0.39 is 0 Å². The van der Waals surface area contributed by atoms with E-state index in [9.17, 15) is 9.59 Å². The van der Waals surface area contributed by atoms with Crippen molar-refractivity contribution in [2.24, 2.45) is 23.2 Å². The molecule has 4 bridgehead atoms. The molecular formula is C32H34N2O4. The normalized spacial score (nSPS) is 27.2. The average molecular weight is 511 g/mol. The molecule has 4 fully saturated rings. The van der Waals surface area contributed by atoms with Gasteiger partial charge in [0.2, 0.25) is 5.91 Å². The van der Waals surface area contributed by atoms with Gasteiger partial charge in [0.15, 0.2) is 0 Å². The van der Waals surface area contributed by atoms with Gasteiger partial charge in [0, 0.05) is 41.9 Å². The number of hydrogen-bond donors (Lipinski definition) is 1. The maximum atomic E-state index is 13.4. The summed E-state index contributed by atoms with van der Waals surface area (Å²) < 4.78 is 11.5. The Morgan fingerprint density at radius 2 is 1.68 bits per heavy atom. The SMILES string of the molecule is COc1cccc(C(=O)N2CCc3oc(-c4ccc(NC(=O)C56CC7CC(CC(C7)C5)C6)cc4)cc3C2)c1. The van der Waals surface area contributed by atoms with Gasteiger partial charge in [-0.15, -0.1) is 0 Å². The first-order chi connectivity index (χ1) is 18.5. The molecule has 4 saturated carbocycles. The number of nitrogens with zero attached hydrogens (tertiary/aromatic N) is 1. The van der Waals surface area contributed by atoms with Gasteiger partial charge in [-0.25, -0.2) is 0 Å². The van der Waals surface area contributed by atoms with E-state index in [2.05, 4.69) is 5.32 Å². The molecular weight excluding hydrogens is 476 g/mol. The van der Waals surface area contributed by atoms with Crippen LogP contribution in [0.4, 0.5) is 5.69 Å². The van der Waals surface area contributed by atoms with Crippen molar-refractivity contribution in [2.45, 2.75) is 51.5 Å². The van der Waals surface area contributed by atoms with Crippen LogP contribution < -0.4 is 10.1 Å². The lowest BCUT2D eigenvalue weighted by Crippen LogP contribution is -2.51. The molecule has 3 aromatic rings. The average Bonchev–Trinajstić information content (AvgIpc) is 3.36. The van der Waals surface area contributed by atoms with Gasteiger partial charge in [-0.2, -0.15) is 0 Å². The summed E-state index contributed by atoms with van der Waals surface area (Å²) >= 11 is 0. The largest absolute Gasteiger partial charge is 0.497 e. The third kappa shape index (κ3) is 4.11. The van der Waals surface area contributed by atoms with Crippen molar-refractivity contribution in [2.75, 3.05) is 19.0 Å². The second-order valence-corrected chi connectivity index (χ2v) is 12.0. The summed E-state index contributed by atoms with van der Waals surface area (Å²) in [7, 11) is 1.60. The number of anilines is 1. The quantitative estimate of drug-likeness (QED) is 0.437.